The highest BCUT2D eigenvalue weighted by Gasteiger charge is 2.22. The van der Waals surface area contributed by atoms with E-state index in [0.29, 0.717) is 25.1 Å². The van der Waals surface area contributed by atoms with Crippen molar-refractivity contribution >= 4 is 21.4 Å². The van der Waals surface area contributed by atoms with Crippen LogP contribution in [0.1, 0.15) is 17.0 Å². The van der Waals surface area contributed by atoms with Gasteiger partial charge in [-0.25, -0.2) is 18.1 Å². The third-order valence-corrected chi connectivity index (χ3v) is 4.87. The van der Waals surface area contributed by atoms with Crippen molar-refractivity contribution in [3.05, 3.63) is 27.8 Å². The summed E-state index contributed by atoms with van der Waals surface area (Å²) < 4.78 is 27.0. The first-order valence-corrected chi connectivity index (χ1v) is 8.52. The standard InChI is InChI=1S/C11H17N5O2S2/c1-8-10(5-12-2)11(16-15-8)20(17,18)14-4-3-9-6-19-7-13-9/h6-7,12,14H,3-5H2,1-2H3,(H,15,16). The molecule has 2 rings (SSSR count). The van der Waals surface area contributed by atoms with Gasteiger partial charge >= 0.3 is 0 Å². The smallest absolute Gasteiger partial charge is 0.260 e. The molecule has 0 aliphatic rings. The first kappa shape index (κ1) is 15.1. The van der Waals surface area contributed by atoms with E-state index < -0.39 is 10.0 Å². The highest BCUT2D eigenvalue weighted by Crippen LogP contribution is 2.15. The number of aryl methyl sites for hydroxylation is 1. The molecule has 0 unspecified atom stereocenters. The molecular formula is C11H17N5O2S2. The van der Waals surface area contributed by atoms with Crippen LogP contribution in [0.3, 0.4) is 0 Å². The van der Waals surface area contributed by atoms with E-state index in [1.54, 1.807) is 19.5 Å². The molecule has 0 atom stereocenters. The molecule has 2 aromatic rings. The minimum absolute atomic E-state index is 0.0580. The van der Waals surface area contributed by atoms with Crippen molar-refractivity contribution in [1.29, 1.82) is 0 Å². The van der Waals surface area contributed by atoms with Gasteiger partial charge in [-0.3, -0.25) is 5.10 Å². The van der Waals surface area contributed by atoms with Gasteiger partial charge in [-0.05, 0) is 14.0 Å². The number of aromatic nitrogens is 3. The van der Waals surface area contributed by atoms with Gasteiger partial charge in [-0.15, -0.1) is 11.3 Å². The fourth-order valence-corrected chi connectivity index (χ4v) is 3.60. The molecule has 3 N–H and O–H groups in total. The van der Waals surface area contributed by atoms with E-state index in [1.165, 1.54) is 11.3 Å². The van der Waals surface area contributed by atoms with E-state index in [-0.39, 0.29) is 5.03 Å². The Balaban J connectivity index is 2.06. The fraction of sp³-hybridized carbons (Fsp3) is 0.455. The molecule has 0 fully saturated rings. The summed E-state index contributed by atoms with van der Waals surface area (Å²) in [5.74, 6) is 0. The van der Waals surface area contributed by atoms with Crippen LogP contribution in [0.2, 0.25) is 0 Å². The van der Waals surface area contributed by atoms with Crippen LogP contribution in [-0.4, -0.2) is 37.2 Å². The van der Waals surface area contributed by atoms with Gasteiger partial charge in [0.05, 0.1) is 11.2 Å². The van der Waals surface area contributed by atoms with E-state index in [2.05, 4.69) is 25.2 Å². The van der Waals surface area contributed by atoms with E-state index in [9.17, 15) is 8.42 Å². The predicted octanol–water partition coefficient (Wildman–Crippen LogP) is 0.415. The lowest BCUT2D eigenvalue weighted by Gasteiger charge is -2.06. The lowest BCUT2D eigenvalue weighted by Crippen LogP contribution is -2.27. The topological polar surface area (TPSA) is 99.8 Å². The second-order valence-corrected chi connectivity index (χ2v) is 6.69. The lowest BCUT2D eigenvalue weighted by atomic mass is 10.3. The molecule has 0 aliphatic carbocycles. The number of hydrogen-bond acceptors (Lipinski definition) is 6. The number of sulfonamides is 1. The van der Waals surface area contributed by atoms with Gasteiger partial charge in [-0.2, -0.15) is 5.10 Å². The molecule has 0 bridgehead atoms. The summed E-state index contributed by atoms with van der Waals surface area (Å²) >= 11 is 1.49. The van der Waals surface area contributed by atoms with Crippen molar-refractivity contribution in [2.45, 2.75) is 24.9 Å². The highest BCUT2D eigenvalue weighted by molar-refractivity contribution is 7.89. The molecule has 0 saturated heterocycles. The summed E-state index contributed by atoms with van der Waals surface area (Å²) in [6.07, 6.45) is 0.563. The monoisotopic (exact) mass is 315 g/mol. The van der Waals surface area contributed by atoms with Crippen molar-refractivity contribution in [2.75, 3.05) is 13.6 Å². The Morgan fingerprint density at radius 3 is 2.90 bits per heavy atom. The van der Waals surface area contributed by atoms with Crippen molar-refractivity contribution in [2.24, 2.45) is 0 Å². The summed E-state index contributed by atoms with van der Waals surface area (Å²) in [6, 6.07) is 0. The summed E-state index contributed by atoms with van der Waals surface area (Å²) in [6.45, 7) is 2.55. The molecule has 0 amide bonds. The SMILES string of the molecule is CNCc1c(S(=O)(=O)NCCc2cscn2)n[nH]c1C. The van der Waals surface area contributed by atoms with Crippen molar-refractivity contribution in [3.63, 3.8) is 0 Å². The van der Waals surface area contributed by atoms with Crippen LogP contribution in [0.5, 0.6) is 0 Å². The molecule has 2 aromatic heterocycles. The lowest BCUT2D eigenvalue weighted by molar-refractivity contribution is 0.575. The maximum absolute atomic E-state index is 12.2. The van der Waals surface area contributed by atoms with Crippen molar-refractivity contribution < 1.29 is 8.42 Å². The first-order chi connectivity index (χ1) is 9.54. The molecule has 0 spiro atoms. The summed E-state index contributed by atoms with van der Waals surface area (Å²) in [7, 11) is -1.84. The van der Waals surface area contributed by atoms with Gasteiger partial charge in [0.25, 0.3) is 10.0 Å². The second-order valence-electron chi connectivity index (χ2n) is 4.29. The molecule has 2 heterocycles. The molecule has 0 aromatic carbocycles. The Morgan fingerprint density at radius 1 is 1.45 bits per heavy atom. The molecule has 0 radical (unpaired) electrons. The van der Waals surface area contributed by atoms with E-state index in [0.717, 1.165) is 11.4 Å². The number of nitrogens with zero attached hydrogens (tertiary/aromatic N) is 2. The number of hydrogen-bond donors (Lipinski definition) is 3. The molecule has 7 nitrogen and oxygen atoms in total. The van der Waals surface area contributed by atoms with Gasteiger partial charge in [0.2, 0.25) is 0 Å². The van der Waals surface area contributed by atoms with E-state index in [4.69, 9.17) is 0 Å². The van der Waals surface area contributed by atoms with E-state index in [1.807, 2.05) is 5.38 Å². The number of H-pyrrole nitrogens is 1. The zero-order chi connectivity index (χ0) is 14.6. The van der Waals surface area contributed by atoms with Crippen LogP contribution < -0.4 is 10.0 Å². The van der Waals surface area contributed by atoms with Crippen LogP contribution in [0, 0.1) is 6.92 Å². The molecular weight excluding hydrogens is 298 g/mol. The van der Waals surface area contributed by atoms with Crippen molar-refractivity contribution in [3.8, 4) is 0 Å². The number of aromatic amines is 1. The van der Waals surface area contributed by atoms with Gasteiger partial charge in [0, 0.05) is 36.1 Å². The second kappa shape index (κ2) is 6.44. The predicted molar refractivity (Wildman–Crippen MR) is 77.1 cm³/mol. The fourth-order valence-electron chi connectivity index (χ4n) is 1.78. The molecule has 9 heteroatoms. The van der Waals surface area contributed by atoms with Gasteiger partial charge in [-0.1, -0.05) is 0 Å². The van der Waals surface area contributed by atoms with Crippen LogP contribution >= 0.6 is 11.3 Å². The van der Waals surface area contributed by atoms with Crippen LogP contribution in [-0.2, 0) is 23.0 Å². The number of rotatable bonds is 7. The minimum Gasteiger partial charge on any atom is -0.316 e. The number of nitrogens with one attached hydrogen (secondary N) is 3. The Kier molecular flexibility index (Phi) is 4.86. The zero-order valence-electron chi connectivity index (χ0n) is 11.3. The Bertz CT molecular complexity index is 648. The van der Waals surface area contributed by atoms with Gasteiger partial charge < -0.3 is 5.32 Å². The normalized spacial score (nSPS) is 11.9. The van der Waals surface area contributed by atoms with Crippen LogP contribution in [0.15, 0.2) is 15.9 Å². The summed E-state index contributed by atoms with van der Waals surface area (Å²) in [5.41, 5.74) is 4.02. The quantitative estimate of drug-likeness (QED) is 0.687. The van der Waals surface area contributed by atoms with Crippen LogP contribution in [0.4, 0.5) is 0 Å². The third-order valence-electron chi connectivity index (χ3n) is 2.80. The zero-order valence-corrected chi connectivity index (χ0v) is 12.9. The molecule has 0 aliphatic heterocycles. The average Bonchev–Trinajstić information content (AvgIpc) is 3.01. The Labute approximate surface area is 121 Å². The summed E-state index contributed by atoms with van der Waals surface area (Å²) in [4.78, 5) is 4.11. The number of thiazole rings is 1. The molecule has 20 heavy (non-hydrogen) atoms. The Morgan fingerprint density at radius 2 is 2.25 bits per heavy atom. The van der Waals surface area contributed by atoms with Crippen LogP contribution in [0.25, 0.3) is 0 Å². The average molecular weight is 315 g/mol. The van der Waals surface area contributed by atoms with Gasteiger partial charge in [0.15, 0.2) is 5.03 Å². The van der Waals surface area contributed by atoms with Gasteiger partial charge in [0.1, 0.15) is 0 Å². The van der Waals surface area contributed by atoms with E-state index >= 15 is 0 Å². The molecule has 0 saturated carbocycles. The maximum Gasteiger partial charge on any atom is 0.260 e. The third kappa shape index (κ3) is 3.42. The Hall–Kier alpha value is -1.29. The maximum atomic E-state index is 12.2. The minimum atomic E-state index is -3.60. The van der Waals surface area contributed by atoms with Crippen molar-refractivity contribution in [1.82, 2.24) is 25.2 Å². The first-order valence-electron chi connectivity index (χ1n) is 6.09. The summed E-state index contributed by atoms with van der Waals surface area (Å²) in [5, 5.41) is 11.5. The highest BCUT2D eigenvalue weighted by atomic mass is 32.2. The molecule has 110 valence electrons. The largest absolute Gasteiger partial charge is 0.316 e.